The van der Waals surface area contributed by atoms with Gasteiger partial charge in [-0.15, -0.1) is 11.3 Å². The Hall–Kier alpha value is -2.48. The highest BCUT2D eigenvalue weighted by atomic mass is 32.1. The number of piperidine rings is 1. The molecule has 0 bridgehead atoms. The van der Waals surface area contributed by atoms with Gasteiger partial charge in [-0.2, -0.15) is 8.78 Å². The van der Waals surface area contributed by atoms with Gasteiger partial charge in [0.05, 0.1) is 10.8 Å². The molecule has 2 atom stereocenters. The highest BCUT2D eigenvalue weighted by molar-refractivity contribution is 7.17. The van der Waals surface area contributed by atoms with Gasteiger partial charge >= 0.3 is 12.6 Å². The zero-order valence-corrected chi connectivity index (χ0v) is 15.4. The molecule has 8 heteroatoms. The monoisotopic (exact) mass is 395 g/mol. The molecule has 1 aliphatic heterocycles. The Morgan fingerprint density at radius 1 is 1.22 bits per heavy atom. The SMILES string of the molecule is C[C@@H]1[C@H](C(=O)O)CCCN1C(=O)c1ccc(-c2ccc(OC(F)F)cc2)s1. The summed E-state index contributed by atoms with van der Waals surface area (Å²) in [6, 6.07) is 9.36. The number of benzene rings is 1. The number of aliphatic carboxylic acids is 1. The average molecular weight is 395 g/mol. The van der Waals surface area contributed by atoms with E-state index in [1.165, 1.54) is 23.5 Å². The molecular formula is C19H19F2NO4S. The van der Waals surface area contributed by atoms with E-state index in [1.54, 1.807) is 36.1 Å². The fourth-order valence-corrected chi connectivity index (χ4v) is 4.28. The van der Waals surface area contributed by atoms with Gasteiger partial charge in [0.15, 0.2) is 0 Å². The van der Waals surface area contributed by atoms with E-state index in [-0.39, 0.29) is 17.7 Å². The van der Waals surface area contributed by atoms with Crippen molar-refractivity contribution < 1.29 is 28.2 Å². The molecule has 2 heterocycles. The van der Waals surface area contributed by atoms with Crippen LogP contribution in [0, 0.1) is 5.92 Å². The number of carboxylic acids is 1. The molecule has 144 valence electrons. The lowest BCUT2D eigenvalue weighted by atomic mass is 9.90. The molecule has 0 radical (unpaired) electrons. The summed E-state index contributed by atoms with van der Waals surface area (Å²) in [5.74, 6) is -1.53. The fraction of sp³-hybridized carbons (Fsp3) is 0.368. The topological polar surface area (TPSA) is 66.8 Å². The summed E-state index contributed by atoms with van der Waals surface area (Å²) in [4.78, 5) is 27.2. The summed E-state index contributed by atoms with van der Waals surface area (Å²) in [5, 5.41) is 9.32. The van der Waals surface area contributed by atoms with E-state index in [9.17, 15) is 23.5 Å². The molecule has 0 spiro atoms. The van der Waals surface area contributed by atoms with E-state index in [2.05, 4.69) is 4.74 Å². The first kappa shape index (κ1) is 19.3. The summed E-state index contributed by atoms with van der Waals surface area (Å²) in [6.45, 7) is -0.564. The Bertz CT molecular complexity index is 821. The van der Waals surface area contributed by atoms with E-state index >= 15 is 0 Å². The van der Waals surface area contributed by atoms with Crippen molar-refractivity contribution in [1.82, 2.24) is 4.90 Å². The Morgan fingerprint density at radius 2 is 1.93 bits per heavy atom. The van der Waals surface area contributed by atoms with Crippen molar-refractivity contribution in [2.24, 2.45) is 5.92 Å². The minimum atomic E-state index is -2.87. The van der Waals surface area contributed by atoms with Crippen molar-refractivity contribution in [3.63, 3.8) is 0 Å². The number of carbonyl (C=O) groups excluding carboxylic acids is 1. The second-order valence-corrected chi connectivity index (χ2v) is 7.48. The van der Waals surface area contributed by atoms with E-state index in [4.69, 9.17) is 0 Å². The van der Waals surface area contributed by atoms with Gasteiger partial charge in [0.1, 0.15) is 5.75 Å². The van der Waals surface area contributed by atoms with Crippen LogP contribution in [0.3, 0.4) is 0 Å². The average Bonchev–Trinajstić information content (AvgIpc) is 3.11. The minimum Gasteiger partial charge on any atom is -0.481 e. The molecule has 2 aromatic rings. The van der Waals surface area contributed by atoms with Gasteiger partial charge < -0.3 is 14.7 Å². The molecule has 1 saturated heterocycles. The smallest absolute Gasteiger partial charge is 0.387 e. The van der Waals surface area contributed by atoms with E-state index in [0.29, 0.717) is 24.3 Å². The number of alkyl halides is 2. The van der Waals surface area contributed by atoms with Crippen LogP contribution in [0.15, 0.2) is 36.4 Å². The number of halogens is 2. The lowest BCUT2D eigenvalue weighted by Gasteiger charge is -2.37. The number of hydrogen-bond donors (Lipinski definition) is 1. The van der Waals surface area contributed by atoms with Crippen LogP contribution >= 0.6 is 11.3 Å². The predicted molar refractivity (Wildman–Crippen MR) is 97.2 cm³/mol. The lowest BCUT2D eigenvalue weighted by molar-refractivity contribution is -0.144. The van der Waals surface area contributed by atoms with Crippen molar-refractivity contribution in [2.75, 3.05) is 6.54 Å². The van der Waals surface area contributed by atoms with Crippen molar-refractivity contribution in [3.05, 3.63) is 41.3 Å². The number of hydrogen-bond acceptors (Lipinski definition) is 4. The molecule has 1 amide bonds. The van der Waals surface area contributed by atoms with Crippen LogP contribution in [0.1, 0.15) is 29.4 Å². The van der Waals surface area contributed by atoms with E-state index in [1.807, 2.05) is 0 Å². The molecule has 1 fully saturated rings. The molecule has 0 saturated carbocycles. The first-order valence-corrected chi connectivity index (χ1v) is 9.37. The number of thiophene rings is 1. The second kappa shape index (κ2) is 8.04. The van der Waals surface area contributed by atoms with Crippen LogP contribution < -0.4 is 4.74 Å². The summed E-state index contributed by atoms with van der Waals surface area (Å²) in [5.41, 5.74) is 0.788. The van der Waals surface area contributed by atoms with Crippen LogP contribution in [0.4, 0.5) is 8.78 Å². The Morgan fingerprint density at radius 3 is 2.56 bits per heavy atom. The Balaban J connectivity index is 1.75. The summed E-state index contributed by atoms with van der Waals surface area (Å²) in [7, 11) is 0. The van der Waals surface area contributed by atoms with Gasteiger partial charge in [-0.1, -0.05) is 0 Å². The maximum atomic E-state index is 12.8. The normalized spacial score (nSPS) is 19.9. The standard InChI is InChI=1S/C19H19F2NO4S/c1-11-14(18(24)25)3-2-10-22(11)17(23)16-9-8-15(27-16)12-4-6-13(7-5-12)26-19(20)21/h4-9,11,14,19H,2-3,10H2,1H3,(H,24,25)/t11-,14-/m1/s1. The summed E-state index contributed by atoms with van der Waals surface area (Å²) < 4.78 is 28.8. The molecule has 1 aromatic heterocycles. The first-order valence-electron chi connectivity index (χ1n) is 8.55. The van der Waals surface area contributed by atoms with Crippen LogP contribution in [-0.4, -0.2) is 41.1 Å². The van der Waals surface area contributed by atoms with Gasteiger partial charge in [-0.05, 0) is 61.7 Å². The maximum Gasteiger partial charge on any atom is 0.387 e. The molecule has 27 heavy (non-hydrogen) atoms. The number of likely N-dealkylation sites (tertiary alicyclic amines) is 1. The van der Waals surface area contributed by atoms with Gasteiger partial charge in [0.25, 0.3) is 5.91 Å². The number of amides is 1. The van der Waals surface area contributed by atoms with Crippen molar-refractivity contribution >= 4 is 23.2 Å². The van der Waals surface area contributed by atoms with Crippen molar-refractivity contribution in [3.8, 4) is 16.2 Å². The van der Waals surface area contributed by atoms with Crippen molar-refractivity contribution in [2.45, 2.75) is 32.4 Å². The molecule has 0 aliphatic carbocycles. The number of ether oxygens (including phenoxy) is 1. The molecule has 0 unspecified atom stereocenters. The Labute approximate surface area is 159 Å². The number of nitrogens with zero attached hydrogens (tertiary/aromatic N) is 1. The van der Waals surface area contributed by atoms with Crippen LogP contribution in [0.5, 0.6) is 5.75 Å². The third kappa shape index (κ3) is 4.27. The highest BCUT2D eigenvalue weighted by Crippen LogP contribution is 2.32. The number of carboxylic acid groups (broad SMARTS) is 1. The van der Waals surface area contributed by atoms with Gasteiger partial charge in [-0.3, -0.25) is 9.59 Å². The summed E-state index contributed by atoms with van der Waals surface area (Å²) in [6.07, 6.45) is 1.24. The largest absolute Gasteiger partial charge is 0.481 e. The van der Waals surface area contributed by atoms with Crippen LogP contribution in [-0.2, 0) is 4.79 Å². The second-order valence-electron chi connectivity index (χ2n) is 6.39. The molecule has 1 aliphatic rings. The van der Waals surface area contributed by atoms with Gasteiger partial charge in [0.2, 0.25) is 0 Å². The molecule has 1 aromatic carbocycles. The quantitative estimate of drug-likeness (QED) is 0.818. The number of carbonyl (C=O) groups is 2. The van der Waals surface area contributed by atoms with Gasteiger partial charge in [-0.25, -0.2) is 0 Å². The molecule has 5 nitrogen and oxygen atoms in total. The third-order valence-corrected chi connectivity index (χ3v) is 5.87. The van der Waals surface area contributed by atoms with Crippen LogP contribution in [0.25, 0.3) is 10.4 Å². The minimum absolute atomic E-state index is 0.0726. The highest BCUT2D eigenvalue weighted by Gasteiger charge is 2.36. The van der Waals surface area contributed by atoms with E-state index < -0.39 is 18.5 Å². The lowest BCUT2D eigenvalue weighted by Crippen LogP contribution is -2.48. The van der Waals surface area contributed by atoms with E-state index in [0.717, 1.165) is 10.4 Å². The Kier molecular flexibility index (Phi) is 5.74. The zero-order valence-electron chi connectivity index (χ0n) is 14.6. The van der Waals surface area contributed by atoms with Crippen molar-refractivity contribution in [1.29, 1.82) is 0 Å². The van der Waals surface area contributed by atoms with Gasteiger partial charge in [0, 0.05) is 17.5 Å². The first-order chi connectivity index (χ1) is 12.9. The maximum absolute atomic E-state index is 12.8. The summed E-state index contributed by atoms with van der Waals surface area (Å²) >= 11 is 1.29. The zero-order chi connectivity index (χ0) is 19.6. The fourth-order valence-electron chi connectivity index (χ4n) is 3.31. The molecule has 1 N–H and O–H groups in total. The molecule has 3 rings (SSSR count). The molecular weight excluding hydrogens is 376 g/mol. The predicted octanol–water partition coefficient (Wildman–Crippen LogP) is 4.34. The third-order valence-electron chi connectivity index (χ3n) is 4.75. The number of rotatable bonds is 5. The van der Waals surface area contributed by atoms with Crippen LogP contribution in [0.2, 0.25) is 0 Å².